The van der Waals surface area contributed by atoms with Gasteiger partial charge in [0.1, 0.15) is 18.8 Å². The number of rotatable bonds is 2. The maximum atomic E-state index is 2.57. The van der Waals surface area contributed by atoms with Crippen LogP contribution in [0.4, 0.5) is 5.69 Å². The number of amidine groups is 1. The summed E-state index contributed by atoms with van der Waals surface area (Å²) in [4.78, 5) is 2.52. The average Bonchev–Trinajstić information content (AvgIpc) is 2.82. The monoisotopic (exact) mass is 243 g/mol. The number of benzene rings is 1. The van der Waals surface area contributed by atoms with Crippen LogP contribution in [0, 0.1) is 0 Å². The summed E-state index contributed by atoms with van der Waals surface area (Å²) in [6.07, 6.45) is 3.97. The Morgan fingerprint density at radius 2 is 1.83 bits per heavy atom. The molecule has 0 N–H and O–H groups in total. The van der Waals surface area contributed by atoms with Crippen LogP contribution in [0.3, 0.4) is 0 Å². The van der Waals surface area contributed by atoms with Gasteiger partial charge in [0.15, 0.2) is 0 Å². The fourth-order valence-corrected chi connectivity index (χ4v) is 3.09. The SMILES string of the molecule is CC(C)c1ccc(N2CC[N+]3=C2CCCC3)cc1. The maximum absolute atomic E-state index is 2.57. The summed E-state index contributed by atoms with van der Waals surface area (Å²) in [6, 6.07) is 9.15. The van der Waals surface area contributed by atoms with Crippen LogP contribution in [0.5, 0.6) is 0 Å². The smallest absolute Gasteiger partial charge is 0.252 e. The van der Waals surface area contributed by atoms with Gasteiger partial charge in [-0.05, 0) is 36.5 Å². The van der Waals surface area contributed by atoms with Crippen molar-refractivity contribution >= 4 is 11.5 Å². The molecule has 0 radical (unpaired) electrons. The van der Waals surface area contributed by atoms with E-state index >= 15 is 0 Å². The highest BCUT2D eigenvalue weighted by molar-refractivity contribution is 5.95. The molecule has 0 unspecified atom stereocenters. The van der Waals surface area contributed by atoms with Crippen molar-refractivity contribution in [3.05, 3.63) is 29.8 Å². The molecule has 2 aliphatic heterocycles. The van der Waals surface area contributed by atoms with Gasteiger partial charge in [-0.3, -0.25) is 4.58 Å². The van der Waals surface area contributed by atoms with Crippen LogP contribution in [0.1, 0.15) is 44.6 Å². The van der Waals surface area contributed by atoms with Gasteiger partial charge < -0.3 is 0 Å². The molecule has 0 amide bonds. The standard InChI is InChI=1S/C16H23N2/c1-13(2)14-6-8-15(9-7-14)18-12-11-17-10-4-3-5-16(17)18/h6-9,13H,3-5,10-12H2,1-2H3/q+1. The first-order valence-electron chi connectivity index (χ1n) is 7.24. The van der Waals surface area contributed by atoms with Crippen molar-refractivity contribution in [3.8, 4) is 0 Å². The zero-order chi connectivity index (χ0) is 12.5. The van der Waals surface area contributed by atoms with Gasteiger partial charge in [-0.1, -0.05) is 26.0 Å². The number of hydrogen-bond acceptors (Lipinski definition) is 1. The van der Waals surface area contributed by atoms with Gasteiger partial charge in [0.2, 0.25) is 0 Å². The van der Waals surface area contributed by atoms with Gasteiger partial charge in [0, 0.05) is 6.42 Å². The van der Waals surface area contributed by atoms with Crippen molar-refractivity contribution in [1.29, 1.82) is 0 Å². The van der Waals surface area contributed by atoms with Crippen LogP contribution in [0.15, 0.2) is 24.3 Å². The summed E-state index contributed by atoms with van der Waals surface area (Å²) in [5.41, 5.74) is 2.81. The first-order chi connectivity index (χ1) is 8.75. The van der Waals surface area contributed by atoms with E-state index < -0.39 is 0 Å². The second-order valence-electron chi connectivity index (χ2n) is 5.76. The van der Waals surface area contributed by atoms with Crippen LogP contribution in [0.25, 0.3) is 0 Å². The van der Waals surface area contributed by atoms with E-state index in [0.717, 1.165) is 6.54 Å². The number of anilines is 1. The zero-order valence-electron chi connectivity index (χ0n) is 11.5. The van der Waals surface area contributed by atoms with Crippen LogP contribution in [-0.4, -0.2) is 30.0 Å². The Kier molecular flexibility index (Phi) is 3.11. The lowest BCUT2D eigenvalue weighted by Gasteiger charge is -2.16. The van der Waals surface area contributed by atoms with Gasteiger partial charge >= 0.3 is 0 Å². The van der Waals surface area contributed by atoms with Gasteiger partial charge in [-0.25, -0.2) is 4.90 Å². The third kappa shape index (κ3) is 2.05. The Hall–Kier alpha value is -1.31. The highest BCUT2D eigenvalue weighted by Gasteiger charge is 2.33. The van der Waals surface area contributed by atoms with Gasteiger partial charge in [0.25, 0.3) is 5.84 Å². The molecule has 1 aromatic rings. The summed E-state index contributed by atoms with van der Waals surface area (Å²) in [5, 5.41) is 0. The lowest BCUT2D eigenvalue weighted by atomic mass is 10.0. The quantitative estimate of drug-likeness (QED) is 0.723. The van der Waals surface area contributed by atoms with E-state index in [1.807, 2.05) is 0 Å². The van der Waals surface area contributed by atoms with Crippen molar-refractivity contribution < 1.29 is 4.58 Å². The normalized spacial score (nSPS) is 19.6. The molecule has 0 saturated heterocycles. The van der Waals surface area contributed by atoms with Crippen molar-refractivity contribution in [2.24, 2.45) is 0 Å². The van der Waals surface area contributed by atoms with E-state index in [2.05, 4.69) is 47.6 Å². The Morgan fingerprint density at radius 1 is 1.06 bits per heavy atom. The fourth-order valence-electron chi connectivity index (χ4n) is 3.09. The van der Waals surface area contributed by atoms with Gasteiger partial charge in [-0.2, -0.15) is 0 Å². The van der Waals surface area contributed by atoms with E-state index in [0.29, 0.717) is 5.92 Å². The average molecular weight is 243 g/mol. The molecule has 3 rings (SSSR count). The van der Waals surface area contributed by atoms with E-state index in [4.69, 9.17) is 0 Å². The molecule has 2 heterocycles. The fraction of sp³-hybridized carbons (Fsp3) is 0.562. The van der Waals surface area contributed by atoms with Crippen LogP contribution >= 0.6 is 0 Å². The van der Waals surface area contributed by atoms with Gasteiger partial charge in [-0.15, -0.1) is 0 Å². The second-order valence-corrected chi connectivity index (χ2v) is 5.76. The molecule has 0 aromatic heterocycles. The highest BCUT2D eigenvalue weighted by Crippen LogP contribution is 2.24. The summed E-state index contributed by atoms with van der Waals surface area (Å²) in [6.45, 7) is 8.14. The molecule has 0 atom stereocenters. The molecule has 1 aromatic carbocycles. The lowest BCUT2D eigenvalue weighted by Crippen LogP contribution is -2.31. The van der Waals surface area contributed by atoms with Crippen molar-refractivity contribution in [3.63, 3.8) is 0 Å². The molecule has 2 aliphatic rings. The Labute approximate surface area is 110 Å². The molecule has 18 heavy (non-hydrogen) atoms. The van der Waals surface area contributed by atoms with E-state index in [9.17, 15) is 0 Å². The second kappa shape index (κ2) is 4.75. The van der Waals surface area contributed by atoms with Crippen LogP contribution in [0.2, 0.25) is 0 Å². The first-order valence-corrected chi connectivity index (χ1v) is 7.24. The highest BCUT2D eigenvalue weighted by atomic mass is 15.3. The zero-order valence-corrected chi connectivity index (χ0v) is 11.5. The molecule has 2 nitrogen and oxygen atoms in total. The van der Waals surface area contributed by atoms with Crippen LogP contribution in [-0.2, 0) is 0 Å². The van der Waals surface area contributed by atoms with E-state index in [-0.39, 0.29) is 0 Å². The molecule has 2 heteroatoms. The predicted molar refractivity (Wildman–Crippen MR) is 76.7 cm³/mol. The predicted octanol–water partition coefficient (Wildman–Crippen LogP) is 3.22. The molecule has 0 aliphatic carbocycles. The molecule has 0 fully saturated rings. The molecular formula is C16H23N2+. The van der Waals surface area contributed by atoms with E-state index in [1.54, 1.807) is 5.84 Å². The third-order valence-electron chi connectivity index (χ3n) is 4.22. The Bertz CT molecular complexity index is 456. The van der Waals surface area contributed by atoms with E-state index in [1.165, 1.54) is 43.6 Å². The summed E-state index contributed by atoms with van der Waals surface area (Å²) < 4.78 is 2.57. The minimum atomic E-state index is 0.622. The maximum Gasteiger partial charge on any atom is 0.252 e. The molecule has 96 valence electrons. The minimum Gasteiger partial charge on any atom is -0.261 e. The molecule has 0 bridgehead atoms. The molecule has 0 saturated carbocycles. The summed E-state index contributed by atoms with van der Waals surface area (Å²) in [7, 11) is 0. The topological polar surface area (TPSA) is 6.25 Å². The molecule has 0 spiro atoms. The molecular weight excluding hydrogens is 220 g/mol. The summed E-state index contributed by atoms with van der Waals surface area (Å²) in [5.74, 6) is 2.18. The number of nitrogens with zero attached hydrogens (tertiary/aromatic N) is 2. The van der Waals surface area contributed by atoms with Gasteiger partial charge in [0.05, 0.1) is 6.54 Å². The largest absolute Gasteiger partial charge is 0.261 e. The van der Waals surface area contributed by atoms with Crippen molar-refractivity contribution in [1.82, 2.24) is 0 Å². The van der Waals surface area contributed by atoms with Crippen molar-refractivity contribution in [2.75, 3.05) is 24.5 Å². The van der Waals surface area contributed by atoms with Crippen molar-refractivity contribution in [2.45, 2.75) is 39.0 Å². The summed E-state index contributed by atoms with van der Waals surface area (Å²) >= 11 is 0. The third-order valence-corrected chi connectivity index (χ3v) is 4.22. The number of hydrogen-bond donors (Lipinski definition) is 0. The minimum absolute atomic E-state index is 0.622. The Balaban J connectivity index is 1.85. The van der Waals surface area contributed by atoms with Crippen LogP contribution < -0.4 is 4.90 Å². The first kappa shape index (κ1) is 11.8. The Morgan fingerprint density at radius 3 is 2.56 bits per heavy atom. The lowest BCUT2D eigenvalue weighted by molar-refractivity contribution is -0.523.